The van der Waals surface area contributed by atoms with Crippen LogP contribution in [0.3, 0.4) is 0 Å². The van der Waals surface area contributed by atoms with E-state index < -0.39 is 0 Å². The lowest BCUT2D eigenvalue weighted by atomic mass is 10.1. The minimum atomic E-state index is 0.504. The Morgan fingerprint density at radius 2 is 2.12 bits per heavy atom. The number of hydrogen-bond donors (Lipinski definition) is 1. The molecule has 17 heavy (non-hydrogen) atoms. The van der Waals surface area contributed by atoms with Gasteiger partial charge in [0.2, 0.25) is 0 Å². The number of rotatable bonds is 4. The van der Waals surface area contributed by atoms with Gasteiger partial charge in [0.25, 0.3) is 0 Å². The van der Waals surface area contributed by atoms with Crippen molar-refractivity contribution in [2.24, 2.45) is 0 Å². The van der Waals surface area contributed by atoms with Crippen molar-refractivity contribution >= 4 is 0 Å². The molecule has 1 aromatic carbocycles. The monoisotopic (exact) mass is 225 g/mol. The van der Waals surface area contributed by atoms with Gasteiger partial charge in [-0.25, -0.2) is 0 Å². The molecule has 0 radical (unpaired) electrons. The van der Waals surface area contributed by atoms with E-state index in [0.29, 0.717) is 6.54 Å². The second-order valence-electron chi connectivity index (χ2n) is 3.80. The number of hydrogen-bond acceptors (Lipinski definition) is 2. The lowest BCUT2D eigenvalue weighted by Crippen LogP contribution is -2.05. The van der Waals surface area contributed by atoms with Gasteiger partial charge in [0.05, 0.1) is 5.69 Å². The molecule has 0 aliphatic rings. The highest BCUT2D eigenvalue weighted by Crippen LogP contribution is 2.21. The van der Waals surface area contributed by atoms with Crippen molar-refractivity contribution in [1.82, 2.24) is 15.1 Å². The Kier molecular flexibility index (Phi) is 3.59. The minimum Gasteiger partial charge on any atom is -0.316 e. The van der Waals surface area contributed by atoms with E-state index in [1.165, 1.54) is 0 Å². The summed E-state index contributed by atoms with van der Waals surface area (Å²) in [6.45, 7) is 1.29. The lowest BCUT2D eigenvalue weighted by Gasteiger charge is -2.00. The van der Waals surface area contributed by atoms with Gasteiger partial charge in [-0.05, 0) is 7.05 Å². The Labute approximate surface area is 101 Å². The van der Waals surface area contributed by atoms with E-state index in [2.05, 4.69) is 28.5 Å². The van der Waals surface area contributed by atoms with Crippen LogP contribution in [-0.2, 0) is 13.1 Å². The molecule has 0 bridgehead atoms. The van der Waals surface area contributed by atoms with Crippen molar-refractivity contribution in [2.75, 3.05) is 7.05 Å². The maximum absolute atomic E-state index is 5.31. The zero-order chi connectivity index (χ0) is 12.1. The molecule has 1 aromatic heterocycles. The smallest absolute Gasteiger partial charge is 0.101 e. The molecule has 0 fully saturated rings. The van der Waals surface area contributed by atoms with Gasteiger partial charge in [0.1, 0.15) is 6.54 Å². The molecule has 2 rings (SSSR count). The fourth-order valence-corrected chi connectivity index (χ4v) is 1.80. The van der Waals surface area contributed by atoms with Crippen LogP contribution in [0.1, 0.15) is 5.56 Å². The highest BCUT2D eigenvalue weighted by molar-refractivity contribution is 5.62. The summed E-state index contributed by atoms with van der Waals surface area (Å²) in [5.74, 6) is 2.60. The van der Waals surface area contributed by atoms with E-state index >= 15 is 0 Å². The molecule has 0 amide bonds. The molecule has 1 N–H and O–H groups in total. The van der Waals surface area contributed by atoms with Crippen molar-refractivity contribution in [2.45, 2.75) is 13.1 Å². The summed E-state index contributed by atoms with van der Waals surface area (Å²) in [6, 6.07) is 10.1. The highest BCUT2D eigenvalue weighted by atomic mass is 15.3. The topological polar surface area (TPSA) is 29.9 Å². The summed E-state index contributed by atoms with van der Waals surface area (Å²) >= 11 is 0. The number of nitrogens with zero attached hydrogens (tertiary/aromatic N) is 2. The van der Waals surface area contributed by atoms with Crippen LogP contribution in [0.5, 0.6) is 0 Å². The van der Waals surface area contributed by atoms with Crippen LogP contribution in [0.15, 0.2) is 36.5 Å². The molecule has 2 aromatic rings. The summed E-state index contributed by atoms with van der Waals surface area (Å²) in [5.41, 5.74) is 3.28. The summed E-state index contributed by atoms with van der Waals surface area (Å²) in [4.78, 5) is 0. The van der Waals surface area contributed by atoms with Crippen LogP contribution in [0, 0.1) is 12.3 Å². The Morgan fingerprint density at radius 3 is 2.76 bits per heavy atom. The first kappa shape index (κ1) is 11.4. The second-order valence-corrected chi connectivity index (χ2v) is 3.80. The largest absolute Gasteiger partial charge is 0.316 e. The van der Waals surface area contributed by atoms with Gasteiger partial charge in [-0.1, -0.05) is 36.3 Å². The van der Waals surface area contributed by atoms with Gasteiger partial charge in [0, 0.05) is 23.9 Å². The van der Waals surface area contributed by atoms with Crippen molar-refractivity contribution < 1.29 is 0 Å². The maximum atomic E-state index is 5.31. The Hall–Kier alpha value is -2.05. The van der Waals surface area contributed by atoms with E-state index in [1.54, 1.807) is 4.68 Å². The number of aromatic nitrogens is 2. The van der Waals surface area contributed by atoms with Crippen LogP contribution < -0.4 is 5.32 Å². The molecular weight excluding hydrogens is 210 g/mol. The summed E-state index contributed by atoms with van der Waals surface area (Å²) in [5, 5.41) is 7.67. The van der Waals surface area contributed by atoms with Gasteiger partial charge in [-0.2, -0.15) is 5.10 Å². The average Bonchev–Trinajstić information content (AvgIpc) is 2.74. The molecule has 0 aliphatic carbocycles. The van der Waals surface area contributed by atoms with Gasteiger partial charge >= 0.3 is 0 Å². The summed E-state index contributed by atoms with van der Waals surface area (Å²) < 4.78 is 1.80. The zero-order valence-electron chi connectivity index (χ0n) is 9.85. The zero-order valence-corrected chi connectivity index (χ0v) is 9.85. The average molecular weight is 225 g/mol. The third kappa shape index (κ3) is 2.55. The van der Waals surface area contributed by atoms with Gasteiger partial charge in [-0.3, -0.25) is 4.68 Å². The van der Waals surface area contributed by atoms with Crippen LogP contribution in [-0.4, -0.2) is 16.8 Å². The van der Waals surface area contributed by atoms with Crippen molar-refractivity contribution in [1.29, 1.82) is 0 Å². The molecular formula is C14H15N3. The first-order valence-corrected chi connectivity index (χ1v) is 5.55. The standard InChI is InChI=1S/C14H15N3/c1-3-9-17-11-13(10-15-2)14(16-17)12-7-5-4-6-8-12/h1,4-8,11,15H,9-10H2,2H3. The van der Waals surface area contributed by atoms with Crippen LogP contribution >= 0.6 is 0 Å². The number of terminal acetylenes is 1. The number of benzene rings is 1. The fourth-order valence-electron chi connectivity index (χ4n) is 1.80. The van der Waals surface area contributed by atoms with Gasteiger partial charge in [-0.15, -0.1) is 6.42 Å². The van der Waals surface area contributed by atoms with Crippen molar-refractivity contribution in [3.05, 3.63) is 42.1 Å². The number of nitrogens with one attached hydrogen (secondary N) is 1. The van der Waals surface area contributed by atoms with Crippen LogP contribution in [0.4, 0.5) is 0 Å². The lowest BCUT2D eigenvalue weighted by molar-refractivity contribution is 0.715. The van der Waals surface area contributed by atoms with E-state index in [-0.39, 0.29) is 0 Å². The van der Waals surface area contributed by atoms with Gasteiger partial charge in [0.15, 0.2) is 0 Å². The highest BCUT2D eigenvalue weighted by Gasteiger charge is 2.09. The summed E-state index contributed by atoms with van der Waals surface area (Å²) in [6.07, 6.45) is 7.30. The Morgan fingerprint density at radius 1 is 1.35 bits per heavy atom. The minimum absolute atomic E-state index is 0.504. The normalized spacial score (nSPS) is 10.1. The maximum Gasteiger partial charge on any atom is 0.101 e. The van der Waals surface area contributed by atoms with Gasteiger partial charge < -0.3 is 5.32 Å². The third-order valence-corrected chi connectivity index (χ3v) is 2.51. The molecule has 1 heterocycles. The van der Waals surface area contributed by atoms with Crippen LogP contribution in [0.2, 0.25) is 0 Å². The molecule has 0 spiro atoms. The third-order valence-electron chi connectivity index (χ3n) is 2.51. The van der Waals surface area contributed by atoms with E-state index in [0.717, 1.165) is 23.4 Å². The summed E-state index contributed by atoms with van der Waals surface area (Å²) in [7, 11) is 1.92. The van der Waals surface area contributed by atoms with Crippen LogP contribution in [0.25, 0.3) is 11.3 Å². The second kappa shape index (κ2) is 5.33. The van der Waals surface area contributed by atoms with Crippen molar-refractivity contribution in [3.8, 4) is 23.6 Å². The molecule has 3 heteroatoms. The molecule has 0 saturated carbocycles. The quantitative estimate of drug-likeness (QED) is 0.805. The molecule has 86 valence electrons. The predicted molar refractivity (Wildman–Crippen MR) is 69.3 cm³/mol. The van der Waals surface area contributed by atoms with E-state index in [4.69, 9.17) is 6.42 Å². The predicted octanol–water partition coefficient (Wildman–Crippen LogP) is 1.90. The van der Waals surface area contributed by atoms with E-state index in [9.17, 15) is 0 Å². The first-order chi connectivity index (χ1) is 8.35. The molecule has 0 atom stereocenters. The van der Waals surface area contributed by atoms with Crippen molar-refractivity contribution in [3.63, 3.8) is 0 Å². The Bertz CT molecular complexity index is 520. The molecule has 3 nitrogen and oxygen atoms in total. The first-order valence-electron chi connectivity index (χ1n) is 5.55. The molecule has 0 unspecified atom stereocenters. The SMILES string of the molecule is C#CCn1cc(CNC)c(-c2ccccc2)n1. The fraction of sp³-hybridized carbons (Fsp3) is 0.214. The molecule has 0 aliphatic heterocycles. The van der Waals surface area contributed by atoms with E-state index in [1.807, 2.05) is 31.4 Å². The Balaban J connectivity index is 2.41. The molecule has 0 saturated heterocycles.